The summed E-state index contributed by atoms with van der Waals surface area (Å²) < 4.78 is 37.6. The maximum atomic E-state index is 12.5. The average Bonchev–Trinajstić information content (AvgIpc) is 2.46. The zero-order valence-electron chi connectivity index (χ0n) is 14.1. The second kappa shape index (κ2) is 8.42. The van der Waals surface area contributed by atoms with Gasteiger partial charge < -0.3 is 16.4 Å². The highest BCUT2D eigenvalue weighted by Gasteiger charge is 2.30. The van der Waals surface area contributed by atoms with Gasteiger partial charge in [-0.3, -0.25) is 0 Å². The lowest BCUT2D eigenvalue weighted by Crippen LogP contribution is -2.51. The minimum atomic E-state index is -4.38. The van der Waals surface area contributed by atoms with E-state index in [4.69, 9.17) is 11.5 Å². The first kappa shape index (κ1) is 21.1. The molecule has 1 heterocycles. The van der Waals surface area contributed by atoms with Crippen LogP contribution in [-0.4, -0.2) is 28.9 Å². The van der Waals surface area contributed by atoms with Gasteiger partial charge in [-0.05, 0) is 57.4 Å². The molecule has 25 heavy (non-hydrogen) atoms. The Morgan fingerprint density at radius 2 is 1.60 bits per heavy atom. The van der Waals surface area contributed by atoms with Crippen molar-refractivity contribution in [1.29, 1.82) is 0 Å². The van der Waals surface area contributed by atoms with E-state index in [-0.39, 0.29) is 42.1 Å². The molecule has 2 atom stereocenters. The Labute approximate surface area is 151 Å². The molecule has 1 aliphatic heterocycles. The molecule has 0 bridgehead atoms. The van der Waals surface area contributed by atoms with Crippen LogP contribution in [0.2, 0.25) is 0 Å². The number of nitrogens with two attached hydrogens (primary N) is 2. The standard InChI is InChI=1S/C16H22F3N5.ClH/c1-10-4-3-5-11(2)24(10)15(21)23-14(20)22-13-8-6-12(7-9-13)16(17,18)19;/h6-11H,3-5H2,1-2H3,(H4,20,21,22,23);1H. The maximum absolute atomic E-state index is 12.5. The van der Waals surface area contributed by atoms with Gasteiger partial charge >= 0.3 is 6.18 Å². The smallest absolute Gasteiger partial charge is 0.369 e. The average molecular weight is 378 g/mol. The molecule has 2 unspecified atom stereocenters. The summed E-state index contributed by atoms with van der Waals surface area (Å²) in [6.07, 6.45) is -1.19. The molecule has 5 nitrogen and oxygen atoms in total. The monoisotopic (exact) mass is 377 g/mol. The van der Waals surface area contributed by atoms with E-state index in [9.17, 15) is 13.2 Å². The quantitative estimate of drug-likeness (QED) is 0.579. The predicted octanol–water partition coefficient (Wildman–Crippen LogP) is 3.65. The van der Waals surface area contributed by atoms with Crippen molar-refractivity contribution >= 4 is 30.0 Å². The number of piperidine rings is 1. The maximum Gasteiger partial charge on any atom is 0.416 e. The third kappa shape index (κ3) is 5.52. The largest absolute Gasteiger partial charge is 0.416 e. The molecule has 4 N–H and O–H groups in total. The normalized spacial score (nSPS) is 22.5. The van der Waals surface area contributed by atoms with Crippen LogP contribution >= 0.6 is 12.4 Å². The first-order chi connectivity index (χ1) is 11.2. The molecule has 140 valence electrons. The summed E-state index contributed by atoms with van der Waals surface area (Å²) in [6, 6.07) is 4.91. The van der Waals surface area contributed by atoms with Gasteiger partial charge in [-0.2, -0.15) is 18.2 Å². The molecule has 2 rings (SSSR count). The fraction of sp³-hybridized carbons (Fsp3) is 0.500. The van der Waals surface area contributed by atoms with E-state index in [2.05, 4.69) is 23.8 Å². The molecule has 0 saturated carbocycles. The Morgan fingerprint density at radius 1 is 1.08 bits per heavy atom. The van der Waals surface area contributed by atoms with Crippen molar-refractivity contribution in [2.75, 3.05) is 0 Å². The summed E-state index contributed by atoms with van der Waals surface area (Å²) in [5.74, 6) is 0.195. The Kier molecular flexibility index (Phi) is 7.10. The van der Waals surface area contributed by atoms with E-state index in [0.29, 0.717) is 0 Å². The Morgan fingerprint density at radius 3 is 2.08 bits per heavy atom. The third-order valence-corrected chi connectivity index (χ3v) is 4.13. The van der Waals surface area contributed by atoms with E-state index in [1.54, 1.807) is 0 Å². The van der Waals surface area contributed by atoms with Crippen molar-refractivity contribution in [2.45, 2.75) is 51.4 Å². The zero-order valence-corrected chi connectivity index (χ0v) is 14.9. The molecule has 9 heteroatoms. The van der Waals surface area contributed by atoms with Crippen LogP contribution in [0, 0.1) is 0 Å². The van der Waals surface area contributed by atoms with Gasteiger partial charge in [0.05, 0.1) is 11.3 Å². The Bertz CT molecular complexity index is 618. The number of benzene rings is 1. The summed E-state index contributed by atoms with van der Waals surface area (Å²) in [5.41, 5.74) is 11.3. The molecule has 0 amide bonds. The second-order valence-electron chi connectivity index (χ2n) is 6.02. The van der Waals surface area contributed by atoms with Crippen LogP contribution in [0.1, 0.15) is 38.7 Å². The predicted molar refractivity (Wildman–Crippen MR) is 96.2 cm³/mol. The van der Waals surface area contributed by atoms with Crippen molar-refractivity contribution < 1.29 is 13.2 Å². The molecule has 0 aliphatic carbocycles. The molecule has 0 radical (unpaired) electrons. The zero-order chi connectivity index (χ0) is 17.9. The summed E-state index contributed by atoms with van der Waals surface area (Å²) in [6.45, 7) is 4.14. The number of halogens is 4. The number of alkyl halides is 3. The minimum Gasteiger partial charge on any atom is -0.369 e. The van der Waals surface area contributed by atoms with Gasteiger partial charge in [0.25, 0.3) is 0 Å². The van der Waals surface area contributed by atoms with E-state index >= 15 is 0 Å². The second-order valence-corrected chi connectivity index (χ2v) is 6.02. The van der Waals surface area contributed by atoms with Crippen LogP contribution in [-0.2, 0) is 6.18 Å². The summed E-state index contributed by atoms with van der Waals surface area (Å²) in [7, 11) is 0. The van der Waals surface area contributed by atoms with E-state index in [1.165, 1.54) is 12.1 Å². The van der Waals surface area contributed by atoms with Crippen LogP contribution in [0.4, 0.5) is 18.9 Å². The van der Waals surface area contributed by atoms with Crippen molar-refractivity contribution in [2.24, 2.45) is 21.5 Å². The first-order valence-corrected chi connectivity index (χ1v) is 7.82. The number of guanidine groups is 2. The van der Waals surface area contributed by atoms with Crippen LogP contribution in [0.25, 0.3) is 0 Å². The van der Waals surface area contributed by atoms with Crippen molar-refractivity contribution in [1.82, 2.24) is 4.90 Å². The Hall–Kier alpha value is -1.96. The van der Waals surface area contributed by atoms with Gasteiger partial charge in [-0.15, -0.1) is 12.4 Å². The topological polar surface area (TPSA) is 80.0 Å². The molecule has 1 aromatic rings. The summed E-state index contributed by atoms with van der Waals surface area (Å²) >= 11 is 0. The third-order valence-electron chi connectivity index (χ3n) is 4.13. The van der Waals surface area contributed by atoms with Gasteiger partial charge in [0, 0.05) is 12.1 Å². The van der Waals surface area contributed by atoms with Gasteiger partial charge in [0.2, 0.25) is 5.96 Å². The molecular weight excluding hydrogens is 355 g/mol. The number of nitrogens with zero attached hydrogens (tertiary/aromatic N) is 3. The molecule has 1 aliphatic rings. The van der Waals surface area contributed by atoms with Gasteiger partial charge in [0.1, 0.15) is 0 Å². The van der Waals surface area contributed by atoms with E-state index < -0.39 is 11.7 Å². The van der Waals surface area contributed by atoms with Gasteiger partial charge in [-0.1, -0.05) is 0 Å². The minimum absolute atomic E-state index is 0. The van der Waals surface area contributed by atoms with Gasteiger partial charge in [-0.25, -0.2) is 4.99 Å². The van der Waals surface area contributed by atoms with Gasteiger partial charge in [0.15, 0.2) is 5.96 Å². The van der Waals surface area contributed by atoms with E-state index in [0.717, 1.165) is 31.4 Å². The number of hydrogen-bond acceptors (Lipinski definition) is 1. The van der Waals surface area contributed by atoms with Crippen molar-refractivity contribution in [3.05, 3.63) is 29.8 Å². The molecule has 1 fully saturated rings. The molecular formula is C16H23ClF3N5. The summed E-state index contributed by atoms with van der Waals surface area (Å²) in [5, 5.41) is 0. The lowest BCUT2D eigenvalue weighted by molar-refractivity contribution is -0.137. The highest BCUT2D eigenvalue weighted by molar-refractivity contribution is 5.94. The van der Waals surface area contributed by atoms with Crippen molar-refractivity contribution in [3.8, 4) is 0 Å². The molecule has 1 aromatic carbocycles. The van der Waals surface area contributed by atoms with Crippen LogP contribution in [0.5, 0.6) is 0 Å². The lowest BCUT2D eigenvalue weighted by atomic mass is 9.98. The highest BCUT2D eigenvalue weighted by Crippen LogP contribution is 2.30. The number of aliphatic imine (C=N–C) groups is 2. The summed E-state index contributed by atoms with van der Waals surface area (Å²) in [4.78, 5) is 10.1. The highest BCUT2D eigenvalue weighted by atomic mass is 35.5. The molecule has 1 saturated heterocycles. The molecule has 0 spiro atoms. The number of rotatable bonds is 1. The van der Waals surface area contributed by atoms with Crippen LogP contribution in [0.3, 0.4) is 0 Å². The first-order valence-electron chi connectivity index (χ1n) is 7.82. The lowest BCUT2D eigenvalue weighted by Gasteiger charge is -2.39. The fourth-order valence-electron chi connectivity index (χ4n) is 2.93. The van der Waals surface area contributed by atoms with Crippen molar-refractivity contribution in [3.63, 3.8) is 0 Å². The number of likely N-dealkylation sites (tertiary alicyclic amines) is 1. The SMILES string of the molecule is CC1CCCC(C)N1C(N)=NC(N)=Nc1ccc(C(F)(F)F)cc1.Cl. The van der Waals surface area contributed by atoms with Crippen LogP contribution in [0.15, 0.2) is 34.3 Å². The number of hydrogen-bond donors (Lipinski definition) is 2. The fourth-order valence-corrected chi connectivity index (χ4v) is 2.93. The molecule has 0 aromatic heterocycles. The Balaban J connectivity index is 0.00000312. The van der Waals surface area contributed by atoms with Crippen LogP contribution < -0.4 is 11.5 Å². The van der Waals surface area contributed by atoms with E-state index in [1.807, 2.05) is 4.90 Å².